The van der Waals surface area contributed by atoms with Crippen LogP contribution in [0.3, 0.4) is 0 Å². The van der Waals surface area contributed by atoms with Crippen molar-refractivity contribution < 1.29 is 17.9 Å². The number of aromatic nitrogens is 3. The number of aromatic hydroxyl groups is 1. The fourth-order valence-corrected chi connectivity index (χ4v) is 6.33. The number of hydrogen-bond acceptors (Lipinski definition) is 7. The standard InChI is InChI=1S/C30H27FN4O4S/c1-3-25(22-6-4-5-20(15-22)17-32)35-27(16-19-7-8-19)34-29(36)28(30(35)37)40(38,39)23-11-9-21(10-12-23)24-13-14-26(31)33-18(24)2/h4-6,9-15,19,25,37H,3,7-8,16H2,1-2H3/t25-/m0/s1. The van der Waals surface area contributed by atoms with Gasteiger partial charge in [0.05, 0.1) is 22.6 Å². The van der Waals surface area contributed by atoms with E-state index in [0.29, 0.717) is 52.5 Å². The summed E-state index contributed by atoms with van der Waals surface area (Å²) in [5.41, 5.74) is 1.78. The third-order valence-corrected chi connectivity index (χ3v) is 8.98. The predicted molar refractivity (Wildman–Crippen MR) is 146 cm³/mol. The molecule has 204 valence electrons. The molecule has 0 radical (unpaired) electrons. The second-order valence-corrected chi connectivity index (χ2v) is 11.8. The van der Waals surface area contributed by atoms with E-state index in [1.54, 1.807) is 49.4 Å². The Labute approximate surface area is 231 Å². The van der Waals surface area contributed by atoms with Gasteiger partial charge in [0.25, 0.3) is 5.56 Å². The molecule has 2 heterocycles. The van der Waals surface area contributed by atoms with Crippen LogP contribution in [0, 0.1) is 30.1 Å². The molecule has 1 aliphatic rings. The molecule has 8 nitrogen and oxygen atoms in total. The maximum atomic E-state index is 13.8. The average Bonchev–Trinajstić information content (AvgIpc) is 3.75. The highest BCUT2D eigenvalue weighted by Crippen LogP contribution is 2.37. The van der Waals surface area contributed by atoms with Gasteiger partial charge in [-0.05, 0) is 79.6 Å². The van der Waals surface area contributed by atoms with Crippen molar-refractivity contribution in [3.63, 3.8) is 0 Å². The van der Waals surface area contributed by atoms with Gasteiger partial charge >= 0.3 is 0 Å². The van der Waals surface area contributed by atoms with E-state index in [9.17, 15) is 28.0 Å². The second-order valence-electron chi connectivity index (χ2n) is 9.96. The van der Waals surface area contributed by atoms with Gasteiger partial charge in [-0.1, -0.05) is 31.2 Å². The molecule has 0 spiro atoms. The normalized spacial score (nSPS) is 14.1. The van der Waals surface area contributed by atoms with Crippen LogP contribution >= 0.6 is 0 Å². The van der Waals surface area contributed by atoms with Gasteiger partial charge in [0, 0.05) is 17.7 Å². The Morgan fingerprint density at radius 1 is 1.12 bits per heavy atom. The molecule has 2 aromatic heterocycles. The minimum absolute atomic E-state index is 0.195. The van der Waals surface area contributed by atoms with Crippen LogP contribution in [0.1, 0.15) is 54.9 Å². The Morgan fingerprint density at radius 2 is 1.85 bits per heavy atom. The fraction of sp³-hybridized carbons (Fsp3) is 0.267. The van der Waals surface area contributed by atoms with Gasteiger partial charge in [-0.25, -0.2) is 13.4 Å². The molecule has 1 fully saturated rings. The SMILES string of the molecule is CC[C@@H](c1cccc(C#N)c1)n1c(CC2CC2)nc(=O)c(S(=O)(=O)c2ccc(-c3ccc(F)nc3C)cc2)c1O. The number of sulfone groups is 1. The summed E-state index contributed by atoms with van der Waals surface area (Å²) >= 11 is 0. The number of hydrogen-bond donors (Lipinski definition) is 1. The number of nitriles is 1. The number of nitrogens with zero attached hydrogens (tertiary/aromatic N) is 4. The highest BCUT2D eigenvalue weighted by Gasteiger charge is 2.34. The van der Waals surface area contributed by atoms with Crippen LogP contribution in [0.2, 0.25) is 0 Å². The Bertz CT molecular complexity index is 1810. The van der Waals surface area contributed by atoms with Crippen LogP contribution in [0.15, 0.2) is 75.2 Å². The smallest absolute Gasteiger partial charge is 0.296 e. The summed E-state index contributed by atoms with van der Waals surface area (Å²) < 4.78 is 42.4. The highest BCUT2D eigenvalue weighted by atomic mass is 32.2. The minimum atomic E-state index is -4.48. The molecule has 1 N–H and O–H groups in total. The van der Waals surface area contributed by atoms with E-state index >= 15 is 0 Å². The van der Waals surface area contributed by atoms with Crippen molar-refractivity contribution in [2.24, 2.45) is 5.92 Å². The van der Waals surface area contributed by atoms with Crippen LogP contribution in [-0.4, -0.2) is 28.1 Å². The summed E-state index contributed by atoms with van der Waals surface area (Å²) in [6.07, 6.45) is 2.81. The van der Waals surface area contributed by atoms with E-state index in [1.807, 2.05) is 6.92 Å². The van der Waals surface area contributed by atoms with Crippen LogP contribution in [0.25, 0.3) is 11.1 Å². The van der Waals surface area contributed by atoms with E-state index in [-0.39, 0.29) is 4.90 Å². The second kappa shape index (κ2) is 10.7. The fourth-order valence-electron chi connectivity index (χ4n) is 4.99. The predicted octanol–water partition coefficient (Wildman–Crippen LogP) is 5.11. The molecule has 1 atom stereocenters. The molecule has 0 bridgehead atoms. The van der Waals surface area contributed by atoms with Crippen molar-refractivity contribution in [2.75, 3.05) is 0 Å². The van der Waals surface area contributed by atoms with E-state index in [0.717, 1.165) is 12.8 Å². The maximum Gasteiger partial charge on any atom is 0.296 e. The van der Waals surface area contributed by atoms with E-state index in [4.69, 9.17) is 0 Å². The molecule has 10 heteroatoms. The molecule has 0 saturated heterocycles. The van der Waals surface area contributed by atoms with Gasteiger partial charge < -0.3 is 5.11 Å². The van der Waals surface area contributed by atoms with Crippen molar-refractivity contribution >= 4 is 9.84 Å². The summed E-state index contributed by atoms with van der Waals surface area (Å²) in [5.74, 6) is -0.671. The number of aryl methyl sites for hydroxylation is 1. The van der Waals surface area contributed by atoms with Gasteiger partial charge in [-0.2, -0.15) is 14.6 Å². The highest BCUT2D eigenvalue weighted by molar-refractivity contribution is 7.91. The zero-order chi connectivity index (χ0) is 28.6. The molecular weight excluding hydrogens is 531 g/mol. The van der Waals surface area contributed by atoms with Crippen LogP contribution in [0.4, 0.5) is 4.39 Å². The van der Waals surface area contributed by atoms with Gasteiger partial charge in [0.1, 0.15) is 5.82 Å². The maximum absolute atomic E-state index is 13.8. The van der Waals surface area contributed by atoms with Gasteiger partial charge in [0.2, 0.25) is 21.7 Å². The largest absolute Gasteiger partial charge is 0.493 e. The van der Waals surface area contributed by atoms with Crippen LogP contribution in [0.5, 0.6) is 5.88 Å². The third kappa shape index (κ3) is 5.12. The van der Waals surface area contributed by atoms with Crippen LogP contribution in [-0.2, 0) is 16.3 Å². The lowest BCUT2D eigenvalue weighted by molar-refractivity contribution is 0.357. The summed E-state index contributed by atoms with van der Waals surface area (Å²) in [4.78, 5) is 20.2. The van der Waals surface area contributed by atoms with Crippen molar-refractivity contribution in [3.05, 3.63) is 99.6 Å². The quantitative estimate of drug-likeness (QED) is 0.298. The number of benzene rings is 2. The topological polar surface area (TPSA) is 126 Å². The Morgan fingerprint density at radius 3 is 2.48 bits per heavy atom. The lowest BCUT2D eigenvalue weighted by Crippen LogP contribution is -2.27. The van der Waals surface area contributed by atoms with E-state index in [2.05, 4.69) is 16.0 Å². The molecule has 5 rings (SSSR count). The molecule has 40 heavy (non-hydrogen) atoms. The van der Waals surface area contributed by atoms with Gasteiger partial charge in [0.15, 0.2) is 4.90 Å². The van der Waals surface area contributed by atoms with Crippen molar-refractivity contribution in [2.45, 2.75) is 55.4 Å². The van der Waals surface area contributed by atoms with E-state index < -0.39 is 38.2 Å². The summed E-state index contributed by atoms with van der Waals surface area (Å²) in [6, 6.07) is 17.0. The first-order valence-electron chi connectivity index (χ1n) is 13.0. The minimum Gasteiger partial charge on any atom is -0.493 e. The summed E-state index contributed by atoms with van der Waals surface area (Å²) in [7, 11) is -4.48. The van der Waals surface area contributed by atoms with Crippen molar-refractivity contribution in [1.29, 1.82) is 5.26 Å². The van der Waals surface area contributed by atoms with Gasteiger partial charge in [-0.15, -0.1) is 0 Å². The zero-order valence-corrected chi connectivity index (χ0v) is 22.8. The molecule has 1 saturated carbocycles. The first kappa shape index (κ1) is 27.2. The molecule has 0 amide bonds. The van der Waals surface area contributed by atoms with E-state index in [1.165, 1.54) is 22.8 Å². The molecule has 4 aromatic rings. The molecule has 1 aliphatic carbocycles. The lowest BCUT2D eigenvalue weighted by atomic mass is 10.0. The first-order chi connectivity index (χ1) is 19.1. The lowest BCUT2D eigenvalue weighted by Gasteiger charge is -2.25. The van der Waals surface area contributed by atoms with Crippen molar-refractivity contribution in [1.82, 2.24) is 14.5 Å². The Hall–Kier alpha value is -4.36. The molecule has 0 aliphatic heterocycles. The molecule has 2 aromatic carbocycles. The number of pyridine rings is 1. The summed E-state index contributed by atoms with van der Waals surface area (Å²) in [6.45, 7) is 3.52. The zero-order valence-electron chi connectivity index (χ0n) is 22.0. The number of rotatable bonds is 8. The third-order valence-electron chi connectivity index (χ3n) is 7.20. The van der Waals surface area contributed by atoms with Crippen molar-refractivity contribution in [3.8, 4) is 23.1 Å². The first-order valence-corrected chi connectivity index (χ1v) is 14.5. The summed E-state index contributed by atoms with van der Waals surface area (Å²) in [5, 5.41) is 20.9. The monoisotopic (exact) mass is 558 g/mol. The Kier molecular flexibility index (Phi) is 7.25. The Balaban J connectivity index is 1.63. The molecule has 0 unspecified atom stereocenters. The average molecular weight is 559 g/mol. The van der Waals surface area contributed by atoms with Gasteiger partial charge in [-0.3, -0.25) is 9.36 Å². The number of halogens is 1. The molecular formula is C30H27FN4O4S. The van der Waals surface area contributed by atoms with Crippen LogP contribution < -0.4 is 5.56 Å².